The van der Waals surface area contributed by atoms with E-state index in [-0.39, 0.29) is 5.92 Å². The van der Waals surface area contributed by atoms with Crippen molar-refractivity contribution in [3.8, 4) is 5.82 Å². The van der Waals surface area contributed by atoms with Gasteiger partial charge >= 0.3 is 6.18 Å². The maximum Gasteiger partial charge on any atom is 0.420 e. The van der Waals surface area contributed by atoms with E-state index < -0.39 is 23.1 Å². The molecule has 0 aliphatic carbocycles. The summed E-state index contributed by atoms with van der Waals surface area (Å²) in [6, 6.07) is 3.35. The quantitative estimate of drug-likeness (QED) is 0.913. The summed E-state index contributed by atoms with van der Waals surface area (Å²) in [5.74, 6) is -0.432. The summed E-state index contributed by atoms with van der Waals surface area (Å²) in [5, 5.41) is 2.65. The number of hydrogen-bond acceptors (Lipinski definition) is 2. The Labute approximate surface area is 106 Å². The molecule has 0 saturated heterocycles. The Morgan fingerprint density at radius 3 is 2.58 bits per heavy atom. The summed E-state index contributed by atoms with van der Waals surface area (Å²) >= 11 is 0. The van der Waals surface area contributed by atoms with Crippen molar-refractivity contribution >= 4 is 0 Å². The monoisotopic (exact) mass is 271 g/mol. The summed E-state index contributed by atoms with van der Waals surface area (Å²) in [7, 11) is 0. The molecule has 0 spiro atoms. The summed E-state index contributed by atoms with van der Waals surface area (Å²) in [4.78, 5) is 15.4. The van der Waals surface area contributed by atoms with Crippen LogP contribution in [0, 0.1) is 0 Å². The molecule has 0 saturated carbocycles. The molecule has 0 amide bonds. The van der Waals surface area contributed by atoms with Gasteiger partial charge in [0.1, 0.15) is 5.56 Å². The number of H-pyrrole nitrogens is 1. The van der Waals surface area contributed by atoms with Crippen molar-refractivity contribution < 1.29 is 13.2 Å². The third-order valence-corrected chi connectivity index (χ3v) is 2.67. The third-order valence-electron chi connectivity index (χ3n) is 2.67. The maximum absolute atomic E-state index is 12.9. The summed E-state index contributed by atoms with van der Waals surface area (Å²) < 4.78 is 39.4. The lowest BCUT2D eigenvalue weighted by atomic mass is 10.1. The van der Waals surface area contributed by atoms with Crippen LogP contribution in [0.1, 0.15) is 31.0 Å². The number of hydrogen-bond donors (Lipinski definition) is 1. The minimum absolute atomic E-state index is 0.00648. The van der Waals surface area contributed by atoms with Crippen molar-refractivity contribution in [2.24, 2.45) is 0 Å². The number of aromatic amines is 1. The van der Waals surface area contributed by atoms with Gasteiger partial charge in [-0.1, -0.05) is 13.8 Å². The fourth-order valence-corrected chi connectivity index (χ4v) is 1.66. The van der Waals surface area contributed by atoms with Crippen LogP contribution in [0.15, 0.2) is 29.2 Å². The van der Waals surface area contributed by atoms with Crippen LogP contribution in [0.3, 0.4) is 0 Å². The first-order chi connectivity index (χ1) is 8.80. The summed E-state index contributed by atoms with van der Waals surface area (Å²) in [6.45, 7) is 3.66. The highest BCUT2D eigenvalue weighted by molar-refractivity contribution is 5.35. The van der Waals surface area contributed by atoms with Gasteiger partial charge in [-0.15, -0.1) is 0 Å². The molecule has 19 heavy (non-hydrogen) atoms. The zero-order valence-corrected chi connectivity index (χ0v) is 10.3. The van der Waals surface area contributed by atoms with Gasteiger partial charge in [-0.2, -0.15) is 13.2 Å². The van der Waals surface area contributed by atoms with Crippen LogP contribution in [-0.2, 0) is 6.18 Å². The van der Waals surface area contributed by atoms with Crippen LogP contribution in [-0.4, -0.2) is 14.8 Å². The van der Waals surface area contributed by atoms with Crippen molar-refractivity contribution in [2.45, 2.75) is 25.9 Å². The van der Waals surface area contributed by atoms with Crippen LogP contribution in [0.4, 0.5) is 13.2 Å². The topological polar surface area (TPSA) is 50.7 Å². The molecule has 2 aromatic rings. The number of halogens is 3. The molecular weight excluding hydrogens is 259 g/mol. The van der Waals surface area contributed by atoms with E-state index >= 15 is 0 Å². The van der Waals surface area contributed by atoms with Crippen molar-refractivity contribution in [1.29, 1.82) is 0 Å². The number of nitrogens with zero attached hydrogens (tertiary/aromatic N) is 2. The van der Waals surface area contributed by atoms with Gasteiger partial charge in [0.05, 0.1) is 0 Å². The Morgan fingerprint density at radius 2 is 2.05 bits per heavy atom. The molecular formula is C12H12F3N3O. The van der Waals surface area contributed by atoms with Gasteiger partial charge in [0.15, 0.2) is 5.82 Å². The minimum Gasteiger partial charge on any atom is -0.293 e. The van der Waals surface area contributed by atoms with Crippen LogP contribution in [0.2, 0.25) is 0 Å². The van der Waals surface area contributed by atoms with Gasteiger partial charge in [-0.3, -0.25) is 9.89 Å². The second kappa shape index (κ2) is 4.56. The van der Waals surface area contributed by atoms with Gasteiger partial charge in [-0.05, 0) is 18.1 Å². The SMILES string of the molecule is CC(C)c1cc(=O)n(-c2ncccc2C(F)(F)F)[nH]1. The molecule has 1 N–H and O–H groups in total. The van der Waals surface area contributed by atoms with Gasteiger partial charge in [0, 0.05) is 18.0 Å². The van der Waals surface area contributed by atoms with E-state index in [4.69, 9.17) is 0 Å². The van der Waals surface area contributed by atoms with Gasteiger partial charge < -0.3 is 0 Å². The van der Waals surface area contributed by atoms with Crippen molar-refractivity contribution in [3.63, 3.8) is 0 Å². The second-order valence-electron chi connectivity index (χ2n) is 4.41. The van der Waals surface area contributed by atoms with Crippen molar-refractivity contribution in [1.82, 2.24) is 14.8 Å². The first kappa shape index (κ1) is 13.4. The van der Waals surface area contributed by atoms with Gasteiger partial charge in [0.2, 0.25) is 0 Å². The van der Waals surface area contributed by atoms with Crippen LogP contribution in [0.5, 0.6) is 0 Å². The van der Waals surface area contributed by atoms with E-state index in [9.17, 15) is 18.0 Å². The average Bonchev–Trinajstić information content (AvgIpc) is 2.70. The maximum atomic E-state index is 12.9. The predicted molar refractivity (Wildman–Crippen MR) is 63.3 cm³/mol. The number of aromatic nitrogens is 3. The summed E-state index contributed by atoms with van der Waals surface area (Å²) in [6.07, 6.45) is -3.35. The fourth-order valence-electron chi connectivity index (χ4n) is 1.66. The number of nitrogens with one attached hydrogen (secondary N) is 1. The molecule has 2 aromatic heterocycles. The number of rotatable bonds is 2. The lowest BCUT2D eigenvalue weighted by Crippen LogP contribution is -2.20. The normalized spacial score (nSPS) is 12.1. The molecule has 0 radical (unpaired) electrons. The van der Waals surface area contributed by atoms with Crippen LogP contribution >= 0.6 is 0 Å². The third kappa shape index (κ3) is 2.54. The Kier molecular flexibility index (Phi) is 3.21. The molecule has 0 atom stereocenters. The molecule has 0 aromatic carbocycles. The molecule has 0 bridgehead atoms. The molecule has 2 rings (SSSR count). The Hall–Kier alpha value is -2.05. The highest BCUT2D eigenvalue weighted by Crippen LogP contribution is 2.32. The molecule has 7 heteroatoms. The number of alkyl halides is 3. The standard InChI is InChI=1S/C12H12F3N3O/c1-7(2)9-6-10(19)18(17-9)11-8(12(13,14)15)4-3-5-16-11/h3-7,17H,1-2H3. The second-order valence-corrected chi connectivity index (χ2v) is 4.41. The van der Waals surface area contributed by atoms with E-state index in [1.54, 1.807) is 0 Å². The molecule has 0 unspecified atom stereocenters. The largest absolute Gasteiger partial charge is 0.420 e. The molecule has 102 valence electrons. The smallest absolute Gasteiger partial charge is 0.293 e. The molecule has 0 aliphatic rings. The Balaban J connectivity index is 2.63. The van der Waals surface area contributed by atoms with Gasteiger partial charge in [-0.25, -0.2) is 9.67 Å². The highest BCUT2D eigenvalue weighted by Gasteiger charge is 2.35. The highest BCUT2D eigenvalue weighted by atomic mass is 19.4. The Morgan fingerprint density at radius 1 is 1.37 bits per heavy atom. The first-order valence-corrected chi connectivity index (χ1v) is 5.65. The lowest BCUT2D eigenvalue weighted by Gasteiger charge is -2.11. The minimum atomic E-state index is -4.56. The summed E-state index contributed by atoms with van der Waals surface area (Å²) in [5.41, 5.74) is -0.953. The molecule has 0 aliphatic heterocycles. The zero-order valence-electron chi connectivity index (χ0n) is 10.3. The Bertz CT molecular complexity index is 640. The van der Waals surface area contributed by atoms with E-state index in [0.29, 0.717) is 5.69 Å². The van der Waals surface area contributed by atoms with Crippen molar-refractivity contribution in [2.75, 3.05) is 0 Å². The van der Waals surface area contributed by atoms with Crippen molar-refractivity contribution in [3.05, 3.63) is 46.0 Å². The molecule has 4 nitrogen and oxygen atoms in total. The van der Waals surface area contributed by atoms with E-state index in [0.717, 1.165) is 10.7 Å². The van der Waals surface area contributed by atoms with E-state index in [2.05, 4.69) is 10.1 Å². The molecule has 0 fully saturated rings. The fraction of sp³-hybridized carbons (Fsp3) is 0.333. The van der Waals surface area contributed by atoms with E-state index in [1.165, 1.54) is 18.3 Å². The van der Waals surface area contributed by atoms with Crippen LogP contribution < -0.4 is 5.56 Å². The van der Waals surface area contributed by atoms with E-state index in [1.807, 2.05) is 13.8 Å². The molecule has 2 heterocycles. The van der Waals surface area contributed by atoms with Crippen LogP contribution in [0.25, 0.3) is 5.82 Å². The predicted octanol–water partition coefficient (Wildman–Crippen LogP) is 2.70. The average molecular weight is 271 g/mol. The first-order valence-electron chi connectivity index (χ1n) is 5.65. The van der Waals surface area contributed by atoms with Gasteiger partial charge in [0.25, 0.3) is 5.56 Å². The number of pyridine rings is 1. The lowest BCUT2D eigenvalue weighted by molar-refractivity contribution is -0.137. The zero-order chi connectivity index (χ0) is 14.2.